The van der Waals surface area contributed by atoms with Gasteiger partial charge in [0.15, 0.2) is 0 Å². The summed E-state index contributed by atoms with van der Waals surface area (Å²) in [5.41, 5.74) is -1.17. The van der Waals surface area contributed by atoms with Crippen molar-refractivity contribution in [3.63, 3.8) is 0 Å². The van der Waals surface area contributed by atoms with Crippen LogP contribution in [0, 0.1) is 11.8 Å². The molecular weight excluding hydrogens is 452 g/mol. The largest absolute Gasteiger partial charge is 0.396 e. The highest BCUT2D eigenvalue weighted by atomic mass is 16.5. The van der Waals surface area contributed by atoms with Gasteiger partial charge in [0.1, 0.15) is 11.6 Å². The number of rotatable bonds is 7. The molecule has 5 rings (SSSR count). The lowest BCUT2D eigenvalue weighted by Gasteiger charge is -2.36. The number of morpholine rings is 1. The van der Waals surface area contributed by atoms with Crippen LogP contribution in [0.25, 0.3) is 0 Å². The number of amides is 3. The molecule has 0 aromatic rings. The van der Waals surface area contributed by atoms with Gasteiger partial charge in [0.25, 0.3) is 0 Å². The number of carbonyl (C=O) groups is 3. The van der Waals surface area contributed by atoms with Crippen LogP contribution in [0.15, 0.2) is 24.3 Å². The molecule has 5 atom stereocenters. The molecule has 10 nitrogen and oxygen atoms in total. The van der Waals surface area contributed by atoms with Gasteiger partial charge in [-0.1, -0.05) is 24.3 Å². The number of nitrogens with zero attached hydrogens (tertiary/aromatic N) is 4. The van der Waals surface area contributed by atoms with E-state index in [2.05, 4.69) is 4.90 Å². The maximum atomic E-state index is 14.1. The van der Waals surface area contributed by atoms with Crippen molar-refractivity contribution in [1.29, 1.82) is 0 Å². The molecule has 3 amide bonds. The zero-order chi connectivity index (χ0) is 24.6. The van der Waals surface area contributed by atoms with Crippen molar-refractivity contribution in [3.8, 4) is 0 Å². The molecule has 5 aliphatic rings. The Labute approximate surface area is 206 Å². The van der Waals surface area contributed by atoms with E-state index in [1.807, 2.05) is 24.3 Å². The summed E-state index contributed by atoms with van der Waals surface area (Å²) in [5.74, 6) is -1.87. The molecule has 5 heterocycles. The lowest BCUT2D eigenvalue weighted by molar-refractivity contribution is -0.148. The van der Waals surface area contributed by atoms with Crippen molar-refractivity contribution in [2.75, 3.05) is 72.7 Å². The second-order valence-corrected chi connectivity index (χ2v) is 10.1. The van der Waals surface area contributed by atoms with Gasteiger partial charge in [-0.2, -0.15) is 0 Å². The van der Waals surface area contributed by atoms with Gasteiger partial charge in [-0.05, 0) is 12.8 Å². The Morgan fingerprint density at radius 3 is 2.57 bits per heavy atom. The summed E-state index contributed by atoms with van der Waals surface area (Å²) in [6.07, 6.45) is 8.16. The van der Waals surface area contributed by atoms with Crippen molar-refractivity contribution in [3.05, 3.63) is 24.3 Å². The highest BCUT2D eigenvalue weighted by molar-refractivity contribution is 5.99. The quantitative estimate of drug-likeness (QED) is 0.366. The van der Waals surface area contributed by atoms with Crippen LogP contribution in [0.1, 0.15) is 12.8 Å². The van der Waals surface area contributed by atoms with Crippen molar-refractivity contribution in [2.24, 2.45) is 11.8 Å². The molecule has 3 fully saturated rings. The lowest BCUT2D eigenvalue weighted by atomic mass is 9.77. The first kappa shape index (κ1) is 24.4. The van der Waals surface area contributed by atoms with Gasteiger partial charge in [-0.3, -0.25) is 19.3 Å². The Morgan fingerprint density at radius 2 is 1.80 bits per heavy atom. The fourth-order valence-corrected chi connectivity index (χ4v) is 6.23. The van der Waals surface area contributed by atoms with Crippen molar-refractivity contribution < 1.29 is 29.0 Å². The van der Waals surface area contributed by atoms with Crippen molar-refractivity contribution in [1.82, 2.24) is 19.6 Å². The number of fused-ring (bicyclic) bond motifs is 2. The van der Waals surface area contributed by atoms with E-state index < -0.39 is 29.6 Å². The number of hydrogen-bond donors (Lipinski definition) is 1. The minimum atomic E-state index is -1.17. The molecule has 0 aromatic heterocycles. The Kier molecular flexibility index (Phi) is 6.98. The van der Waals surface area contributed by atoms with Crippen LogP contribution in [0.3, 0.4) is 0 Å². The van der Waals surface area contributed by atoms with Crippen LogP contribution in [0.2, 0.25) is 0 Å². The van der Waals surface area contributed by atoms with Gasteiger partial charge in [0.2, 0.25) is 17.7 Å². The molecule has 10 heteroatoms. The fourth-order valence-electron chi connectivity index (χ4n) is 6.23. The molecule has 192 valence electrons. The summed E-state index contributed by atoms with van der Waals surface area (Å²) >= 11 is 0. The summed E-state index contributed by atoms with van der Waals surface area (Å²) in [6.45, 7) is 5.64. The van der Waals surface area contributed by atoms with E-state index in [4.69, 9.17) is 9.47 Å². The average molecular weight is 489 g/mol. The topological polar surface area (TPSA) is 103 Å². The molecule has 0 aromatic carbocycles. The normalized spacial score (nSPS) is 35.3. The molecule has 1 unspecified atom stereocenters. The molecule has 35 heavy (non-hydrogen) atoms. The van der Waals surface area contributed by atoms with E-state index in [-0.39, 0.29) is 24.3 Å². The molecule has 0 aliphatic carbocycles. The third kappa shape index (κ3) is 4.20. The van der Waals surface area contributed by atoms with E-state index in [1.54, 1.807) is 21.7 Å². The Hall–Kier alpha value is -2.27. The fraction of sp³-hybridized carbons (Fsp3) is 0.720. The van der Waals surface area contributed by atoms with Gasteiger partial charge in [-0.25, -0.2) is 0 Å². The number of carbonyl (C=O) groups excluding carboxylic acids is 3. The summed E-state index contributed by atoms with van der Waals surface area (Å²) in [4.78, 5) is 48.6. The highest BCUT2D eigenvalue weighted by Gasteiger charge is 2.71. The van der Waals surface area contributed by atoms with Gasteiger partial charge in [-0.15, -0.1) is 0 Å². The van der Waals surface area contributed by atoms with Gasteiger partial charge in [0.05, 0.1) is 31.2 Å². The first-order valence-electron chi connectivity index (χ1n) is 12.8. The number of aliphatic hydroxyl groups is 1. The van der Waals surface area contributed by atoms with Gasteiger partial charge in [0, 0.05) is 59.5 Å². The van der Waals surface area contributed by atoms with E-state index in [9.17, 15) is 19.5 Å². The molecule has 0 bridgehead atoms. The second kappa shape index (κ2) is 10.0. The predicted molar refractivity (Wildman–Crippen MR) is 126 cm³/mol. The number of aliphatic hydroxyl groups excluding tert-OH is 1. The zero-order valence-corrected chi connectivity index (χ0v) is 20.4. The van der Waals surface area contributed by atoms with Crippen LogP contribution in [-0.4, -0.2) is 133 Å². The van der Waals surface area contributed by atoms with Gasteiger partial charge < -0.3 is 29.3 Å². The monoisotopic (exact) mass is 488 g/mol. The zero-order valence-electron chi connectivity index (χ0n) is 20.4. The molecular formula is C25H36N4O6. The molecule has 0 saturated carbocycles. The van der Waals surface area contributed by atoms with E-state index in [0.29, 0.717) is 52.2 Å². The number of likely N-dealkylation sites (tertiary alicyclic amines) is 1. The maximum absolute atomic E-state index is 14.1. The third-order valence-corrected chi connectivity index (χ3v) is 8.04. The standard InChI is InChI=1S/C25H36N4O6/c1-26-8-4-6-18-19(22(26)31)20-23(32)29(10-2-3-15-30)21-24(33)28(9-5-7-25(20,21)35-18)12-11-27-13-16-34-17-14-27/h4-7,18-21,30H,2-3,8-17H2,1H3/t18-,19+,20-,21?,25-/m0/s1. The van der Waals surface area contributed by atoms with Crippen LogP contribution in [0.4, 0.5) is 0 Å². The number of likely N-dealkylation sites (N-methyl/N-ethyl adjacent to an activating group) is 1. The second-order valence-electron chi connectivity index (χ2n) is 10.1. The summed E-state index contributed by atoms with van der Waals surface area (Å²) in [6, 6.07) is -0.819. The van der Waals surface area contributed by atoms with Crippen LogP contribution in [-0.2, 0) is 23.9 Å². The molecule has 3 saturated heterocycles. The van der Waals surface area contributed by atoms with E-state index in [0.717, 1.165) is 19.6 Å². The molecule has 1 spiro atoms. The Balaban J connectivity index is 1.45. The summed E-state index contributed by atoms with van der Waals surface area (Å²) < 4.78 is 12.0. The molecule has 5 aliphatic heterocycles. The lowest BCUT2D eigenvalue weighted by Crippen LogP contribution is -2.56. The number of ether oxygens (including phenoxy) is 2. The Bertz CT molecular complexity index is 902. The van der Waals surface area contributed by atoms with Crippen LogP contribution >= 0.6 is 0 Å². The molecule has 1 N–H and O–H groups in total. The average Bonchev–Trinajstić information content (AvgIpc) is 3.18. The minimum Gasteiger partial charge on any atom is -0.396 e. The number of hydrogen-bond acceptors (Lipinski definition) is 7. The van der Waals surface area contributed by atoms with Crippen molar-refractivity contribution >= 4 is 17.7 Å². The summed E-state index contributed by atoms with van der Waals surface area (Å²) in [7, 11) is 1.73. The third-order valence-electron chi connectivity index (χ3n) is 8.04. The Morgan fingerprint density at radius 1 is 1.00 bits per heavy atom. The van der Waals surface area contributed by atoms with E-state index in [1.165, 1.54) is 0 Å². The maximum Gasteiger partial charge on any atom is 0.249 e. The predicted octanol–water partition coefficient (Wildman–Crippen LogP) is -0.901. The van der Waals surface area contributed by atoms with Crippen molar-refractivity contribution in [2.45, 2.75) is 30.6 Å². The van der Waals surface area contributed by atoms with Crippen LogP contribution < -0.4 is 0 Å². The van der Waals surface area contributed by atoms with E-state index >= 15 is 0 Å². The smallest absolute Gasteiger partial charge is 0.249 e. The first-order chi connectivity index (χ1) is 17.0. The SMILES string of the molecule is CN1CC=C[C@@H]2O[C@]34C=CCN(CCN5CCOCC5)C(=O)C3N(CCCCO)C(=O)[C@@H]4[C@@H]2C1=O. The minimum absolute atomic E-state index is 0.0239. The van der Waals surface area contributed by atoms with Gasteiger partial charge >= 0.3 is 0 Å². The first-order valence-corrected chi connectivity index (χ1v) is 12.8. The summed E-state index contributed by atoms with van der Waals surface area (Å²) in [5, 5.41) is 9.30. The highest BCUT2D eigenvalue weighted by Crippen LogP contribution is 2.53. The number of unbranched alkanes of at least 4 members (excludes halogenated alkanes) is 1. The van der Waals surface area contributed by atoms with Crippen LogP contribution in [0.5, 0.6) is 0 Å². The molecule has 0 radical (unpaired) electrons.